The van der Waals surface area contributed by atoms with Gasteiger partial charge in [-0.05, 0) is 42.2 Å². The monoisotopic (exact) mass is 185 g/mol. The minimum atomic E-state index is 0.395. The molecule has 0 heterocycles. The summed E-state index contributed by atoms with van der Waals surface area (Å²) in [5, 5.41) is 0. The van der Waals surface area contributed by atoms with Crippen molar-refractivity contribution in [1.29, 1.82) is 0 Å². The molecule has 0 aromatic heterocycles. The molecular formula is C10H19NS. The van der Waals surface area contributed by atoms with Crippen molar-refractivity contribution in [2.75, 3.05) is 7.05 Å². The maximum Gasteiger partial charge on any atom is -0.000845 e. The van der Waals surface area contributed by atoms with Gasteiger partial charge in [-0.15, -0.1) is 0 Å². The van der Waals surface area contributed by atoms with Gasteiger partial charge < -0.3 is 0 Å². The molecule has 0 aliphatic heterocycles. The third kappa shape index (κ3) is 2.27. The first-order valence-corrected chi connectivity index (χ1v) is 5.54. The molecule has 0 amide bonds. The first-order chi connectivity index (χ1) is 5.69. The quantitative estimate of drug-likeness (QED) is 0.677. The highest BCUT2D eigenvalue weighted by atomic mass is 32.2. The standard InChI is InChI=1S/C10H19NS/c1-9(12-11-3)10(2)7-5-4-6-8-10/h11H,1,4-8H2,2-3H3. The van der Waals surface area contributed by atoms with Crippen LogP contribution in [-0.2, 0) is 0 Å². The molecule has 70 valence electrons. The SMILES string of the molecule is C=C(SNC)C1(C)CCCCC1. The summed E-state index contributed by atoms with van der Waals surface area (Å²) >= 11 is 1.69. The molecular weight excluding hydrogens is 166 g/mol. The molecule has 1 N–H and O–H groups in total. The van der Waals surface area contributed by atoms with Crippen LogP contribution in [-0.4, -0.2) is 7.05 Å². The van der Waals surface area contributed by atoms with Crippen molar-refractivity contribution in [3.05, 3.63) is 11.5 Å². The zero-order valence-corrected chi connectivity index (χ0v) is 8.97. The summed E-state index contributed by atoms with van der Waals surface area (Å²) in [5.41, 5.74) is 0.395. The van der Waals surface area contributed by atoms with E-state index in [0.717, 1.165) is 0 Å². The number of allylic oxidation sites excluding steroid dienone is 1. The van der Waals surface area contributed by atoms with Crippen molar-refractivity contribution in [2.24, 2.45) is 5.41 Å². The largest absolute Gasteiger partial charge is 0.263 e. The second kappa shape index (κ2) is 4.33. The van der Waals surface area contributed by atoms with Crippen molar-refractivity contribution >= 4 is 11.9 Å². The molecule has 0 spiro atoms. The molecule has 0 radical (unpaired) electrons. The molecule has 0 saturated heterocycles. The summed E-state index contributed by atoms with van der Waals surface area (Å²) in [5.74, 6) is 0. The van der Waals surface area contributed by atoms with Crippen LogP contribution in [0.2, 0.25) is 0 Å². The lowest BCUT2D eigenvalue weighted by Gasteiger charge is -2.34. The van der Waals surface area contributed by atoms with E-state index in [2.05, 4.69) is 18.2 Å². The summed E-state index contributed by atoms with van der Waals surface area (Å²) < 4.78 is 3.11. The molecule has 1 saturated carbocycles. The van der Waals surface area contributed by atoms with Crippen molar-refractivity contribution < 1.29 is 0 Å². The topological polar surface area (TPSA) is 12.0 Å². The number of rotatable bonds is 3. The van der Waals surface area contributed by atoms with Gasteiger partial charge in [0.1, 0.15) is 0 Å². The van der Waals surface area contributed by atoms with Crippen LogP contribution in [0.15, 0.2) is 11.5 Å². The second-order valence-corrected chi connectivity index (χ2v) is 4.96. The summed E-state index contributed by atoms with van der Waals surface area (Å²) in [6.07, 6.45) is 6.80. The van der Waals surface area contributed by atoms with E-state index in [0.29, 0.717) is 5.41 Å². The normalized spacial score (nSPS) is 22.2. The van der Waals surface area contributed by atoms with Gasteiger partial charge in [0.2, 0.25) is 0 Å². The third-order valence-corrected chi connectivity index (χ3v) is 3.80. The molecule has 1 nitrogen and oxygen atoms in total. The maximum atomic E-state index is 4.14. The molecule has 0 bridgehead atoms. The van der Waals surface area contributed by atoms with Crippen LogP contribution < -0.4 is 4.72 Å². The maximum absolute atomic E-state index is 4.14. The van der Waals surface area contributed by atoms with E-state index in [4.69, 9.17) is 0 Å². The summed E-state index contributed by atoms with van der Waals surface area (Å²) in [4.78, 5) is 1.31. The highest BCUT2D eigenvalue weighted by Gasteiger charge is 2.29. The number of nitrogens with one attached hydrogen (secondary N) is 1. The molecule has 2 heteroatoms. The Kier molecular flexibility index (Phi) is 3.66. The summed E-state index contributed by atoms with van der Waals surface area (Å²) in [7, 11) is 1.96. The first kappa shape index (κ1) is 10.1. The van der Waals surface area contributed by atoms with Gasteiger partial charge in [-0.2, -0.15) is 0 Å². The minimum Gasteiger partial charge on any atom is -0.263 e. The lowest BCUT2D eigenvalue weighted by atomic mass is 9.76. The van der Waals surface area contributed by atoms with Crippen LogP contribution in [0.1, 0.15) is 39.0 Å². The van der Waals surface area contributed by atoms with Gasteiger partial charge in [-0.1, -0.05) is 32.8 Å². The molecule has 12 heavy (non-hydrogen) atoms. The van der Waals surface area contributed by atoms with E-state index < -0.39 is 0 Å². The molecule has 0 aromatic rings. The van der Waals surface area contributed by atoms with Crippen LogP contribution in [0.4, 0.5) is 0 Å². The Labute approximate surface area is 80.1 Å². The van der Waals surface area contributed by atoms with Crippen molar-refractivity contribution in [3.8, 4) is 0 Å². The summed E-state index contributed by atoms with van der Waals surface area (Å²) in [6.45, 7) is 6.49. The fourth-order valence-corrected chi connectivity index (χ4v) is 2.55. The fourth-order valence-electron chi connectivity index (χ4n) is 1.86. The van der Waals surface area contributed by atoms with Gasteiger partial charge in [0.05, 0.1) is 0 Å². The summed E-state index contributed by atoms with van der Waals surface area (Å²) in [6, 6.07) is 0. The van der Waals surface area contributed by atoms with Crippen LogP contribution in [0.3, 0.4) is 0 Å². The third-order valence-electron chi connectivity index (χ3n) is 2.86. The highest BCUT2D eigenvalue weighted by molar-refractivity contribution is 8.01. The number of hydrogen-bond acceptors (Lipinski definition) is 2. The molecule has 0 aromatic carbocycles. The predicted molar refractivity (Wildman–Crippen MR) is 57.0 cm³/mol. The van der Waals surface area contributed by atoms with Gasteiger partial charge >= 0.3 is 0 Å². The zero-order valence-electron chi connectivity index (χ0n) is 8.15. The smallest absolute Gasteiger partial charge is 0.000845 e. The van der Waals surface area contributed by atoms with Gasteiger partial charge in [0, 0.05) is 0 Å². The average molecular weight is 185 g/mol. The van der Waals surface area contributed by atoms with Gasteiger partial charge in [0.15, 0.2) is 0 Å². The van der Waals surface area contributed by atoms with Gasteiger partial charge in [-0.3, -0.25) is 4.72 Å². The predicted octanol–water partition coefficient (Wildman–Crippen LogP) is 3.34. The minimum absolute atomic E-state index is 0.395. The molecule has 1 fully saturated rings. The van der Waals surface area contributed by atoms with Crippen molar-refractivity contribution in [1.82, 2.24) is 4.72 Å². The Morgan fingerprint density at radius 2 is 1.92 bits per heavy atom. The molecule has 0 unspecified atom stereocenters. The van der Waals surface area contributed by atoms with Crippen molar-refractivity contribution in [2.45, 2.75) is 39.0 Å². The van der Waals surface area contributed by atoms with Crippen LogP contribution in [0, 0.1) is 5.41 Å². The Morgan fingerprint density at radius 1 is 1.33 bits per heavy atom. The van der Waals surface area contributed by atoms with Crippen LogP contribution in [0.5, 0.6) is 0 Å². The van der Waals surface area contributed by atoms with Crippen LogP contribution >= 0.6 is 11.9 Å². The van der Waals surface area contributed by atoms with Gasteiger partial charge in [0.25, 0.3) is 0 Å². The average Bonchev–Trinajstić information content (AvgIpc) is 2.06. The van der Waals surface area contributed by atoms with E-state index in [-0.39, 0.29) is 0 Å². The van der Waals surface area contributed by atoms with E-state index in [1.807, 2.05) is 7.05 Å². The molecule has 1 rings (SSSR count). The Hall–Kier alpha value is 0.0500. The lowest BCUT2D eigenvalue weighted by molar-refractivity contribution is 0.281. The van der Waals surface area contributed by atoms with E-state index in [9.17, 15) is 0 Å². The van der Waals surface area contributed by atoms with E-state index >= 15 is 0 Å². The first-order valence-electron chi connectivity index (χ1n) is 4.72. The van der Waals surface area contributed by atoms with Crippen LogP contribution in [0.25, 0.3) is 0 Å². The van der Waals surface area contributed by atoms with Gasteiger partial charge in [-0.25, -0.2) is 0 Å². The van der Waals surface area contributed by atoms with E-state index in [1.165, 1.54) is 37.0 Å². The second-order valence-electron chi connectivity index (χ2n) is 3.85. The zero-order chi connectivity index (χ0) is 9.03. The lowest BCUT2D eigenvalue weighted by Crippen LogP contribution is -2.21. The highest BCUT2D eigenvalue weighted by Crippen LogP contribution is 2.44. The molecule has 1 aliphatic rings. The Bertz CT molecular complexity index is 159. The fraction of sp³-hybridized carbons (Fsp3) is 0.800. The molecule has 0 atom stereocenters. The number of hydrogen-bond donors (Lipinski definition) is 1. The van der Waals surface area contributed by atoms with E-state index in [1.54, 1.807) is 11.9 Å². The Balaban J connectivity index is 2.50. The Morgan fingerprint density at radius 3 is 2.42 bits per heavy atom. The van der Waals surface area contributed by atoms with Crippen molar-refractivity contribution in [3.63, 3.8) is 0 Å². The molecule has 1 aliphatic carbocycles.